The van der Waals surface area contributed by atoms with Crippen LogP contribution < -0.4 is 5.32 Å². The Balaban J connectivity index is 2.07. The van der Waals surface area contributed by atoms with Crippen molar-refractivity contribution in [3.05, 3.63) is 35.6 Å². The number of nitrogens with zero attached hydrogens (tertiary/aromatic N) is 1. The van der Waals surface area contributed by atoms with Gasteiger partial charge in [-0.25, -0.2) is 13.2 Å². The van der Waals surface area contributed by atoms with Crippen LogP contribution in [-0.4, -0.2) is 36.9 Å². The van der Waals surface area contributed by atoms with E-state index in [1.54, 1.807) is 0 Å². The van der Waals surface area contributed by atoms with Gasteiger partial charge in [-0.3, -0.25) is 4.79 Å². The summed E-state index contributed by atoms with van der Waals surface area (Å²) in [6.45, 7) is 6.32. The molecule has 1 heterocycles. The van der Waals surface area contributed by atoms with E-state index in [0.29, 0.717) is 6.54 Å². The van der Waals surface area contributed by atoms with Gasteiger partial charge in [-0.15, -0.1) is 0 Å². The third kappa shape index (κ3) is 4.70. The molecule has 23 heavy (non-hydrogen) atoms. The van der Waals surface area contributed by atoms with Crippen molar-refractivity contribution < 1.29 is 18.0 Å². The first-order chi connectivity index (χ1) is 10.9. The van der Waals surface area contributed by atoms with Gasteiger partial charge in [-0.2, -0.15) is 0 Å². The Labute approximate surface area is 134 Å². The minimum atomic E-state index is -2.75. The fourth-order valence-electron chi connectivity index (χ4n) is 2.66. The molecule has 1 aliphatic heterocycles. The molecule has 6 heteroatoms. The molecule has 0 saturated carbocycles. The first kappa shape index (κ1) is 17.8. The lowest BCUT2D eigenvalue weighted by atomic mass is 9.92. The number of carbonyl (C=O) groups excluding carboxylic acids is 1. The fourth-order valence-corrected chi connectivity index (χ4v) is 2.66. The van der Waals surface area contributed by atoms with Gasteiger partial charge in [0, 0.05) is 6.54 Å². The minimum Gasteiger partial charge on any atom is -0.343 e. The predicted octanol–water partition coefficient (Wildman–Crippen LogP) is 3.23. The van der Waals surface area contributed by atoms with E-state index in [2.05, 4.69) is 10.2 Å². The second kappa shape index (κ2) is 7.81. The number of rotatable bonds is 7. The normalized spacial score (nSPS) is 17.9. The lowest BCUT2D eigenvalue weighted by molar-refractivity contribution is -0.129. The highest BCUT2D eigenvalue weighted by molar-refractivity contribution is 5.79. The number of likely N-dealkylation sites (tertiary alicyclic amines) is 1. The van der Waals surface area contributed by atoms with Crippen LogP contribution in [0.25, 0.3) is 0 Å². The summed E-state index contributed by atoms with van der Waals surface area (Å²) in [6.07, 6.45) is -1.64. The number of halogens is 3. The van der Waals surface area contributed by atoms with Gasteiger partial charge in [-0.05, 0) is 43.1 Å². The number of benzene rings is 1. The molecule has 0 bridgehead atoms. The molecule has 0 aromatic heterocycles. The average molecular weight is 328 g/mol. The Morgan fingerprint density at radius 3 is 2.26 bits per heavy atom. The lowest BCUT2D eigenvalue weighted by Crippen LogP contribution is -2.47. The Kier molecular flexibility index (Phi) is 6.04. The highest BCUT2D eigenvalue weighted by Crippen LogP contribution is 2.23. The standard InChI is InChI=1S/C17H23F3N2O/c1-11(2)14(10-22-8-3-9-22)17(23)21-15(16(19)20)12-4-6-13(18)7-5-12/h4-7,11,14-16H,3,8-10H2,1-2H3,(H,21,23)/t14-,15-/m1/s1. The molecular formula is C17H23F3N2O. The monoisotopic (exact) mass is 328 g/mol. The Bertz CT molecular complexity index is 515. The van der Waals surface area contributed by atoms with Gasteiger partial charge in [0.05, 0.1) is 5.92 Å². The number of carbonyl (C=O) groups is 1. The van der Waals surface area contributed by atoms with E-state index in [1.165, 1.54) is 12.1 Å². The average Bonchev–Trinajstić information content (AvgIpc) is 2.43. The van der Waals surface area contributed by atoms with Crippen LogP contribution in [0, 0.1) is 17.7 Å². The highest BCUT2D eigenvalue weighted by Gasteiger charge is 2.31. The van der Waals surface area contributed by atoms with Crippen LogP contribution in [0.3, 0.4) is 0 Å². The van der Waals surface area contributed by atoms with Crippen LogP contribution in [0.15, 0.2) is 24.3 Å². The molecule has 0 spiro atoms. The topological polar surface area (TPSA) is 32.3 Å². The number of alkyl halides is 2. The number of hydrogen-bond acceptors (Lipinski definition) is 2. The van der Waals surface area contributed by atoms with E-state index in [4.69, 9.17) is 0 Å². The molecule has 1 aromatic rings. The van der Waals surface area contributed by atoms with Gasteiger partial charge < -0.3 is 10.2 Å². The van der Waals surface area contributed by atoms with Gasteiger partial charge in [0.15, 0.2) is 0 Å². The maximum Gasteiger partial charge on any atom is 0.262 e. The summed E-state index contributed by atoms with van der Waals surface area (Å²) in [4.78, 5) is 14.6. The van der Waals surface area contributed by atoms with E-state index in [1.807, 2.05) is 13.8 Å². The summed E-state index contributed by atoms with van der Waals surface area (Å²) < 4.78 is 39.6. The Hall–Kier alpha value is -1.56. The van der Waals surface area contributed by atoms with E-state index in [-0.39, 0.29) is 23.3 Å². The molecule has 3 nitrogen and oxygen atoms in total. The first-order valence-electron chi connectivity index (χ1n) is 7.95. The Morgan fingerprint density at radius 1 is 1.22 bits per heavy atom. The smallest absolute Gasteiger partial charge is 0.262 e. The van der Waals surface area contributed by atoms with Crippen molar-refractivity contribution in [3.63, 3.8) is 0 Å². The molecule has 128 valence electrons. The summed E-state index contributed by atoms with van der Waals surface area (Å²) in [5.41, 5.74) is 0.209. The van der Waals surface area contributed by atoms with E-state index in [0.717, 1.165) is 31.6 Å². The molecule has 1 N–H and O–H groups in total. The summed E-state index contributed by atoms with van der Waals surface area (Å²) >= 11 is 0. The molecule has 1 fully saturated rings. The van der Waals surface area contributed by atoms with Crippen LogP contribution in [0.5, 0.6) is 0 Å². The van der Waals surface area contributed by atoms with Gasteiger partial charge in [-0.1, -0.05) is 26.0 Å². The molecular weight excluding hydrogens is 305 g/mol. The van der Waals surface area contributed by atoms with Gasteiger partial charge >= 0.3 is 0 Å². The van der Waals surface area contributed by atoms with Crippen molar-refractivity contribution in [2.45, 2.75) is 32.7 Å². The number of nitrogens with one attached hydrogen (secondary N) is 1. The molecule has 0 aliphatic carbocycles. The summed E-state index contributed by atoms with van der Waals surface area (Å²) in [7, 11) is 0. The molecule has 1 saturated heterocycles. The van der Waals surface area contributed by atoms with Crippen LogP contribution in [0.4, 0.5) is 13.2 Å². The summed E-state index contributed by atoms with van der Waals surface area (Å²) in [6, 6.07) is 3.40. The van der Waals surface area contributed by atoms with E-state index < -0.39 is 18.3 Å². The molecule has 2 rings (SSSR count). The predicted molar refractivity (Wildman–Crippen MR) is 82.7 cm³/mol. The van der Waals surface area contributed by atoms with Gasteiger partial charge in [0.1, 0.15) is 11.9 Å². The fraction of sp³-hybridized carbons (Fsp3) is 0.588. The van der Waals surface area contributed by atoms with Crippen LogP contribution >= 0.6 is 0 Å². The maximum atomic E-state index is 13.3. The third-order valence-electron chi connectivity index (χ3n) is 4.32. The highest BCUT2D eigenvalue weighted by atomic mass is 19.3. The lowest BCUT2D eigenvalue weighted by Gasteiger charge is -2.35. The number of hydrogen-bond donors (Lipinski definition) is 1. The summed E-state index contributed by atoms with van der Waals surface area (Å²) in [5, 5.41) is 2.45. The molecule has 0 unspecified atom stereocenters. The van der Waals surface area contributed by atoms with Gasteiger partial charge in [0.2, 0.25) is 5.91 Å². The van der Waals surface area contributed by atoms with Gasteiger partial charge in [0.25, 0.3) is 6.43 Å². The third-order valence-corrected chi connectivity index (χ3v) is 4.32. The van der Waals surface area contributed by atoms with Crippen molar-refractivity contribution in [1.29, 1.82) is 0 Å². The zero-order valence-electron chi connectivity index (χ0n) is 13.4. The van der Waals surface area contributed by atoms with Crippen molar-refractivity contribution in [2.75, 3.05) is 19.6 Å². The second-order valence-corrected chi connectivity index (χ2v) is 6.38. The molecule has 1 aliphatic rings. The SMILES string of the molecule is CC(C)[C@@H](CN1CCC1)C(=O)N[C@H](c1ccc(F)cc1)C(F)F. The molecule has 1 aromatic carbocycles. The Morgan fingerprint density at radius 2 is 1.83 bits per heavy atom. The van der Waals surface area contributed by atoms with Crippen LogP contribution in [0.2, 0.25) is 0 Å². The summed E-state index contributed by atoms with van der Waals surface area (Å²) in [5.74, 6) is -1.15. The van der Waals surface area contributed by atoms with Crippen molar-refractivity contribution in [1.82, 2.24) is 10.2 Å². The van der Waals surface area contributed by atoms with Crippen molar-refractivity contribution in [2.24, 2.45) is 11.8 Å². The minimum absolute atomic E-state index is 0.0575. The van der Waals surface area contributed by atoms with E-state index >= 15 is 0 Å². The van der Waals surface area contributed by atoms with Crippen LogP contribution in [0.1, 0.15) is 31.9 Å². The van der Waals surface area contributed by atoms with Crippen molar-refractivity contribution >= 4 is 5.91 Å². The molecule has 1 amide bonds. The zero-order chi connectivity index (χ0) is 17.0. The quantitative estimate of drug-likeness (QED) is 0.833. The second-order valence-electron chi connectivity index (χ2n) is 6.38. The van der Waals surface area contributed by atoms with Crippen LogP contribution in [-0.2, 0) is 4.79 Å². The number of amides is 1. The largest absolute Gasteiger partial charge is 0.343 e. The maximum absolute atomic E-state index is 13.3. The first-order valence-corrected chi connectivity index (χ1v) is 7.95. The molecule has 0 radical (unpaired) electrons. The molecule has 2 atom stereocenters. The zero-order valence-corrected chi connectivity index (χ0v) is 13.4. The van der Waals surface area contributed by atoms with Crippen molar-refractivity contribution in [3.8, 4) is 0 Å². The van der Waals surface area contributed by atoms with E-state index in [9.17, 15) is 18.0 Å².